The van der Waals surface area contributed by atoms with E-state index in [1.807, 2.05) is 0 Å². The van der Waals surface area contributed by atoms with Crippen LogP contribution in [-0.2, 0) is 0 Å². The summed E-state index contributed by atoms with van der Waals surface area (Å²) in [5.74, 6) is 1.34. The summed E-state index contributed by atoms with van der Waals surface area (Å²) in [5, 5.41) is 18.2. The average Bonchev–Trinajstić information content (AvgIpc) is 2.58. The third kappa shape index (κ3) is 1.05. The molecular weight excluding hydrogens is 150 g/mol. The van der Waals surface area contributed by atoms with Crippen molar-refractivity contribution >= 4 is 0 Å². The van der Waals surface area contributed by atoms with Gasteiger partial charge in [-0.15, -0.1) is 0 Å². The Bertz CT molecular complexity index is 241. The van der Waals surface area contributed by atoms with Gasteiger partial charge in [-0.25, -0.2) is 0 Å². The summed E-state index contributed by atoms with van der Waals surface area (Å²) in [6.45, 7) is 0. The van der Waals surface area contributed by atoms with Crippen molar-refractivity contribution in [3.8, 4) is 6.07 Å². The second-order valence-electron chi connectivity index (χ2n) is 3.83. The Labute approximate surface area is 72.5 Å². The van der Waals surface area contributed by atoms with Crippen LogP contribution in [0.15, 0.2) is 12.2 Å². The molecule has 2 aliphatic rings. The molecule has 0 radical (unpaired) electrons. The second kappa shape index (κ2) is 2.91. The van der Waals surface area contributed by atoms with E-state index in [4.69, 9.17) is 5.26 Å². The molecule has 64 valence electrons. The molecule has 0 saturated heterocycles. The van der Waals surface area contributed by atoms with Crippen LogP contribution >= 0.6 is 0 Å². The van der Waals surface area contributed by atoms with Crippen molar-refractivity contribution in [1.82, 2.24) is 0 Å². The quantitative estimate of drug-likeness (QED) is 0.595. The number of nitriles is 1. The fourth-order valence-corrected chi connectivity index (χ4v) is 2.61. The summed E-state index contributed by atoms with van der Waals surface area (Å²) in [7, 11) is 0. The molecule has 0 amide bonds. The highest BCUT2D eigenvalue weighted by Gasteiger charge is 2.42. The number of hydrogen-bond donors (Lipinski definition) is 1. The number of rotatable bonds is 1. The van der Waals surface area contributed by atoms with E-state index in [-0.39, 0.29) is 6.10 Å². The first-order valence-corrected chi connectivity index (χ1v) is 4.54. The van der Waals surface area contributed by atoms with Gasteiger partial charge in [-0.1, -0.05) is 12.2 Å². The van der Waals surface area contributed by atoms with Gasteiger partial charge in [0.05, 0.1) is 12.2 Å². The molecule has 0 spiro atoms. The van der Waals surface area contributed by atoms with Gasteiger partial charge < -0.3 is 5.11 Å². The first kappa shape index (κ1) is 7.82. The summed E-state index contributed by atoms with van der Waals surface area (Å²) in [5.41, 5.74) is 0. The van der Waals surface area contributed by atoms with Crippen LogP contribution in [-0.4, -0.2) is 11.2 Å². The van der Waals surface area contributed by atoms with E-state index in [0.29, 0.717) is 24.2 Å². The standard InChI is InChI=1S/C10H13NO/c11-5-4-7-6-10(12)9-3-1-2-8(7)9/h1,3,7-10,12H,2,4,6H2/t7-,8+,9+,10+/m0/s1. The summed E-state index contributed by atoms with van der Waals surface area (Å²) in [4.78, 5) is 0. The SMILES string of the molecule is N#CC[C@H]1C[C@@H](O)[C@@H]2C=CC[C@H]12. The number of nitrogens with zero attached hydrogens (tertiary/aromatic N) is 1. The topological polar surface area (TPSA) is 44.0 Å². The van der Waals surface area contributed by atoms with Crippen molar-refractivity contribution < 1.29 is 5.11 Å². The molecule has 1 fully saturated rings. The lowest BCUT2D eigenvalue weighted by molar-refractivity contribution is 0.145. The molecule has 0 aromatic rings. The van der Waals surface area contributed by atoms with E-state index in [0.717, 1.165) is 12.8 Å². The van der Waals surface area contributed by atoms with Crippen LogP contribution in [0.3, 0.4) is 0 Å². The second-order valence-corrected chi connectivity index (χ2v) is 3.83. The Morgan fingerprint density at radius 3 is 3.17 bits per heavy atom. The molecule has 0 bridgehead atoms. The van der Waals surface area contributed by atoms with E-state index in [1.165, 1.54) is 0 Å². The van der Waals surface area contributed by atoms with Gasteiger partial charge in [0.2, 0.25) is 0 Å². The van der Waals surface area contributed by atoms with E-state index in [1.54, 1.807) is 0 Å². The zero-order valence-corrected chi connectivity index (χ0v) is 6.98. The highest BCUT2D eigenvalue weighted by atomic mass is 16.3. The first-order valence-electron chi connectivity index (χ1n) is 4.54. The Balaban J connectivity index is 2.08. The maximum absolute atomic E-state index is 9.64. The largest absolute Gasteiger partial charge is 0.392 e. The van der Waals surface area contributed by atoms with E-state index >= 15 is 0 Å². The molecule has 0 unspecified atom stereocenters. The van der Waals surface area contributed by atoms with Crippen molar-refractivity contribution in [2.45, 2.75) is 25.4 Å². The van der Waals surface area contributed by atoms with Crippen molar-refractivity contribution in [1.29, 1.82) is 5.26 Å². The Hall–Kier alpha value is -0.810. The lowest BCUT2D eigenvalue weighted by atomic mass is 9.89. The lowest BCUT2D eigenvalue weighted by Gasteiger charge is -2.14. The molecule has 4 atom stereocenters. The molecule has 2 nitrogen and oxygen atoms in total. The van der Waals surface area contributed by atoms with Crippen molar-refractivity contribution in [3.63, 3.8) is 0 Å². The molecule has 0 aromatic heterocycles. The maximum Gasteiger partial charge on any atom is 0.0624 e. The molecule has 2 rings (SSSR count). The molecule has 1 N–H and O–H groups in total. The minimum absolute atomic E-state index is 0.188. The molecule has 12 heavy (non-hydrogen) atoms. The normalized spacial score (nSPS) is 44.3. The van der Waals surface area contributed by atoms with Gasteiger partial charge in [0.25, 0.3) is 0 Å². The van der Waals surface area contributed by atoms with Crippen LogP contribution in [0.2, 0.25) is 0 Å². The monoisotopic (exact) mass is 163 g/mol. The summed E-state index contributed by atoms with van der Waals surface area (Å²) >= 11 is 0. The van der Waals surface area contributed by atoms with E-state index in [9.17, 15) is 5.11 Å². The smallest absolute Gasteiger partial charge is 0.0624 e. The molecule has 0 aliphatic heterocycles. The lowest BCUT2D eigenvalue weighted by Crippen LogP contribution is -2.13. The highest BCUT2D eigenvalue weighted by Crippen LogP contribution is 2.45. The fourth-order valence-electron chi connectivity index (χ4n) is 2.61. The van der Waals surface area contributed by atoms with Gasteiger partial charge in [-0.2, -0.15) is 5.26 Å². The average molecular weight is 163 g/mol. The zero-order valence-electron chi connectivity index (χ0n) is 6.98. The molecular formula is C10H13NO. The van der Waals surface area contributed by atoms with Gasteiger partial charge in [0, 0.05) is 12.3 Å². The summed E-state index contributed by atoms with van der Waals surface area (Å²) in [6, 6.07) is 2.20. The first-order chi connectivity index (χ1) is 5.83. The predicted molar refractivity (Wildman–Crippen MR) is 45.1 cm³/mol. The number of fused-ring (bicyclic) bond motifs is 1. The number of allylic oxidation sites excluding steroid dienone is 1. The number of aliphatic hydroxyl groups excluding tert-OH is 1. The zero-order chi connectivity index (χ0) is 8.55. The van der Waals surface area contributed by atoms with Gasteiger partial charge >= 0.3 is 0 Å². The van der Waals surface area contributed by atoms with Crippen molar-refractivity contribution in [3.05, 3.63) is 12.2 Å². The Morgan fingerprint density at radius 1 is 1.58 bits per heavy atom. The molecule has 2 aliphatic carbocycles. The fraction of sp³-hybridized carbons (Fsp3) is 0.700. The molecule has 0 heterocycles. The van der Waals surface area contributed by atoms with Gasteiger partial charge in [0.15, 0.2) is 0 Å². The number of aliphatic hydroxyl groups is 1. The summed E-state index contributed by atoms with van der Waals surface area (Å²) in [6.07, 6.45) is 6.57. The predicted octanol–water partition coefficient (Wildman–Crippen LogP) is 1.47. The highest BCUT2D eigenvalue weighted by molar-refractivity contribution is 5.10. The molecule has 2 heteroatoms. The van der Waals surface area contributed by atoms with E-state index < -0.39 is 0 Å². The summed E-state index contributed by atoms with van der Waals surface area (Å²) < 4.78 is 0. The Kier molecular flexibility index (Phi) is 1.90. The van der Waals surface area contributed by atoms with Crippen molar-refractivity contribution in [2.75, 3.05) is 0 Å². The maximum atomic E-state index is 9.64. The van der Waals surface area contributed by atoms with Crippen LogP contribution in [0.5, 0.6) is 0 Å². The van der Waals surface area contributed by atoms with Crippen LogP contribution in [0, 0.1) is 29.1 Å². The van der Waals surface area contributed by atoms with Gasteiger partial charge in [-0.05, 0) is 24.7 Å². The van der Waals surface area contributed by atoms with Gasteiger partial charge in [-0.3, -0.25) is 0 Å². The molecule has 1 saturated carbocycles. The van der Waals surface area contributed by atoms with Crippen LogP contribution in [0.4, 0.5) is 0 Å². The third-order valence-electron chi connectivity index (χ3n) is 3.21. The van der Waals surface area contributed by atoms with Crippen LogP contribution < -0.4 is 0 Å². The minimum Gasteiger partial charge on any atom is -0.392 e. The minimum atomic E-state index is -0.188. The van der Waals surface area contributed by atoms with Gasteiger partial charge in [0.1, 0.15) is 0 Å². The van der Waals surface area contributed by atoms with Crippen LogP contribution in [0.1, 0.15) is 19.3 Å². The number of hydrogen-bond acceptors (Lipinski definition) is 2. The van der Waals surface area contributed by atoms with Crippen LogP contribution in [0.25, 0.3) is 0 Å². The molecule has 0 aromatic carbocycles. The van der Waals surface area contributed by atoms with Crippen molar-refractivity contribution in [2.24, 2.45) is 17.8 Å². The Morgan fingerprint density at radius 2 is 2.42 bits per heavy atom. The third-order valence-corrected chi connectivity index (χ3v) is 3.21. The van der Waals surface area contributed by atoms with E-state index in [2.05, 4.69) is 18.2 Å².